The van der Waals surface area contributed by atoms with Gasteiger partial charge < -0.3 is 5.73 Å². The number of benzene rings is 1. The summed E-state index contributed by atoms with van der Waals surface area (Å²) in [4.78, 5) is 4.85. The molecular weight excluding hydrogens is 360 g/mol. The van der Waals surface area contributed by atoms with Gasteiger partial charge in [-0.05, 0) is 43.9 Å². The maximum Gasteiger partial charge on any atom is 0.146 e. The third kappa shape index (κ3) is 3.58. The molecule has 1 saturated carbocycles. The lowest BCUT2D eigenvalue weighted by Crippen LogP contribution is -2.07. The highest BCUT2D eigenvalue weighted by Gasteiger charge is 2.17. The van der Waals surface area contributed by atoms with E-state index in [2.05, 4.69) is 44.4 Å². The fourth-order valence-corrected chi connectivity index (χ4v) is 4.27. The van der Waals surface area contributed by atoms with Crippen molar-refractivity contribution in [1.29, 1.82) is 0 Å². The third-order valence-electron chi connectivity index (χ3n) is 5.78. The molecule has 3 aromatic heterocycles. The Morgan fingerprint density at radius 1 is 1.03 bits per heavy atom. The smallest absolute Gasteiger partial charge is 0.146 e. The highest BCUT2D eigenvalue weighted by atomic mass is 15.3. The molecule has 4 aromatic rings. The molecule has 0 aliphatic heterocycles. The number of nitrogens with zero attached hydrogens (tertiary/aromatic N) is 5. The van der Waals surface area contributed by atoms with Crippen molar-refractivity contribution in [1.82, 2.24) is 25.0 Å². The average Bonchev–Trinajstić information content (AvgIpc) is 3.40. The number of hydrogen-bond acceptors (Lipinski definition) is 5. The van der Waals surface area contributed by atoms with E-state index in [9.17, 15) is 0 Å². The van der Waals surface area contributed by atoms with Crippen LogP contribution in [0.4, 0.5) is 5.82 Å². The van der Waals surface area contributed by atoms with Gasteiger partial charge in [0.25, 0.3) is 0 Å². The van der Waals surface area contributed by atoms with E-state index >= 15 is 0 Å². The quantitative estimate of drug-likeness (QED) is 0.554. The largest absolute Gasteiger partial charge is 0.382 e. The van der Waals surface area contributed by atoms with Gasteiger partial charge in [-0.25, -0.2) is 0 Å². The number of aromatic nitrogens is 5. The number of anilines is 1. The summed E-state index contributed by atoms with van der Waals surface area (Å²) in [5.41, 5.74) is 11.7. The van der Waals surface area contributed by atoms with Crippen LogP contribution in [0.2, 0.25) is 0 Å². The van der Waals surface area contributed by atoms with Crippen molar-refractivity contribution in [3.63, 3.8) is 0 Å². The topological polar surface area (TPSA) is 82.5 Å². The summed E-state index contributed by atoms with van der Waals surface area (Å²) >= 11 is 0. The van der Waals surface area contributed by atoms with Crippen LogP contribution in [-0.4, -0.2) is 25.0 Å². The molecule has 1 aliphatic rings. The molecule has 29 heavy (non-hydrogen) atoms. The van der Waals surface area contributed by atoms with E-state index in [1.54, 1.807) is 0 Å². The zero-order valence-corrected chi connectivity index (χ0v) is 16.5. The number of nitrogens with two attached hydrogens (primary N) is 1. The van der Waals surface area contributed by atoms with Crippen LogP contribution in [0.15, 0.2) is 48.8 Å². The molecular formula is C23H24N6. The SMILES string of the molecule is Cc1ccc(-c2cnn(CC3CCCC3)c2)c(-c2ccc3cc(N)nnc3c2)n1. The molecule has 0 radical (unpaired) electrons. The monoisotopic (exact) mass is 384 g/mol. The normalized spacial score (nSPS) is 14.7. The van der Waals surface area contributed by atoms with Crippen molar-refractivity contribution in [2.45, 2.75) is 39.2 Å². The Hall–Kier alpha value is -3.28. The van der Waals surface area contributed by atoms with Crippen molar-refractivity contribution in [3.8, 4) is 22.4 Å². The molecule has 1 aliphatic carbocycles. The molecule has 0 atom stereocenters. The van der Waals surface area contributed by atoms with Gasteiger partial charge in [-0.3, -0.25) is 9.67 Å². The third-order valence-corrected chi connectivity index (χ3v) is 5.78. The van der Waals surface area contributed by atoms with Gasteiger partial charge >= 0.3 is 0 Å². The Labute approximate surface area is 169 Å². The zero-order chi connectivity index (χ0) is 19.8. The Morgan fingerprint density at radius 3 is 2.76 bits per heavy atom. The zero-order valence-electron chi connectivity index (χ0n) is 16.5. The van der Waals surface area contributed by atoms with Crippen molar-refractivity contribution in [3.05, 3.63) is 54.5 Å². The molecule has 1 fully saturated rings. The summed E-state index contributed by atoms with van der Waals surface area (Å²) in [5.74, 6) is 1.18. The van der Waals surface area contributed by atoms with Crippen LogP contribution in [0.5, 0.6) is 0 Å². The molecule has 1 aromatic carbocycles. The predicted octanol–water partition coefficient (Wildman–Crippen LogP) is 4.64. The number of pyridine rings is 1. The second-order valence-corrected chi connectivity index (χ2v) is 7.99. The average molecular weight is 384 g/mol. The first-order valence-electron chi connectivity index (χ1n) is 10.2. The molecule has 0 unspecified atom stereocenters. The number of rotatable bonds is 4. The predicted molar refractivity (Wildman–Crippen MR) is 115 cm³/mol. The second-order valence-electron chi connectivity index (χ2n) is 7.99. The number of aryl methyl sites for hydroxylation is 1. The van der Waals surface area contributed by atoms with Crippen LogP contribution < -0.4 is 5.73 Å². The van der Waals surface area contributed by atoms with Crippen molar-refractivity contribution >= 4 is 16.7 Å². The molecule has 0 amide bonds. The molecule has 0 spiro atoms. The van der Waals surface area contributed by atoms with E-state index in [1.165, 1.54) is 25.7 Å². The molecule has 0 bridgehead atoms. The van der Waals surface area contributed by atoms with Gasteiger partial charge in [-0.1, -0.05) is 31.0 Å². The summed E-state index contributed by atoms with van der Waals surface area (Å²) in [5, 5.41) is 13.8. The highest BCUT2D eigenvalue weighted by Crippen LogP contribution is 2.33. The lowest BCUT2D eigenvalue weighted by molar-refractivity contribution is 0.429. The van der Waals surface area contributed by atoms with Gasteiger partial charge in [0.1, 0.15) is 5.82 Å². The van der Waals surface area contributed by atoms with Crippen molar-refractivity contribution in [2.75, 3.05) is 5.73 Å². The van der Waals surface area contributed by atoms with Crippen LogP contribution in [0.1, 0.15) is 31.4 Å². The summed E-state index contributed by atoms with van der Waals surface area (Å²) in [6.45, 7) is 3.01. The van der Waals surface area contributed by atoms with Crippen LogP contribution in [-0.2, 0) is 6.54 Å². The van der Waals surface area contributed by atoms with E-state index in [0.29, 0.717) is 5.82 Å². The van der Waals surface area contributed by atoms with Gasteiger partial charge in [-0.15, -0.1) is 10.2 Å². The Morgan fingerprint density at radius 2 is 1.90 bits per heavy atom. The first-order valence-corrected chi connectivity index (χ1v) is 10.2. The number of fused-ring (bicyclic) bond motifs is 1. The summed E-state index contributed by atoms with van der Waals surface area (Å²) < 4.78 is 2.09. The highest BCUT2D eigenvalue weighted by molar-refractivity contribution is 5.88. The Bertz CT molecular complexity index is 1170. The minimum Gasteiger partial charge on any atom is -0.382 e. The van der Waals surface area contributed by atoms with E-state index in [0.717, 1.165) is 51.4 Å². The molecule has 0 saturated heterocycles. The Balaban J connectivity index is 1.54. The lowest BCUT2D eigenvalue weighted by atomic mass is 10.00. The lowest BCUT2D eigenvalue weighted by Gasteiger charge is -2.10. The molecule has 3 heterocycles. The number of nitrogen functional groups attached to an aromatic ring is 1. The van der Waals surface area contributed by atoms with Gasteiger partial charge in [0.15, 0.2) is 0 Å². The molecule has 6 heteroatoms. The molecule has 5 rings (SSSR count). The van der Waals surface area contributed by atoms with E-state index in [4.69, 9.17) is 10.7 Å². The summed E-state index contributed by atoms with van der Waals surface area (Å²) in [6.07, 6.45) is 9.43. The fourth-order valence-electron chi connectivity index (χ4n) is 4.27. The van der Waals surface area contributed by atoms with Gasteiger partial charge in [0.05, 0.1) is 17.4 Å². The van der Waals surface area contributed by atoms with E-state index < -0.39 is 0 Å². The maximum atomic E-state index is 5.76. The molecule has 6 nitrogen and oxygen atoms in total. The minimum absolute atomic E-state index is 0.425. The first-order chi connectivity index (χ1) is 14.2. The second kappa shape index (κ2) is 7.28. The van der Waals surface area contributed by atoms with Crippen LogP contribution >= 0.6 is 0 Å². The van der Waals surface area contributed by atoms with Gasteiger partial charge in [-0.2, -0.15) is 5.10 Å². The van der Waals surface area contributed by atoms with Crippen LogP contribution in [0, 0.1) is 12.8 Å². The molecule has 146 valence electrons. The summed E-state index contributed by atoms with van der Waals surface area (Å²) in [7, 11) is 0. The standard InChI is InChI=1S/C23H24N6/c1-15-6-9-20(19-12-25-29(14-19)13-16-4-2-3-5-16)23(26-15)18-8-7-17-11-22(24)28-27-21(17)10-18/h6-12,14,16H,2-5,13H2,1H3,(H2,24,28). The van der Waals surface area contributed by atoms with E-state index in [-0.39, 0.29) is 0 Å². The summed E-state index contributed by atoms with van der Waals surface area (Å²) in [6, 6.07) is 12.1. The van der Waals surface area contributed by atoms with Gasteiger partial charge in [0.2, 0.25) is 0 Å². The van der Waals surface area contributed by atoms with Crippen LogP contribution in [0.3, 0.4) is 0 Å². The van der Waals surface area contributed by atoms with Crippen molar-refractivity contribution < 1.29 is 0 Å². The number of hydrogen-bond donors (Lipinski definition) is 1. The van der Waals surface area contributed by atoms with E-state index in [1.807, 2.05) is 31.3 Å². The van der Waals surface area contributed by atoms with Crippen LogP contribution in [0.25, 0.3) is 33.3 Å². The fraction of sp³-hybridized carbons (Fsp3) is 0.304. The van der Waals surface area contributed by atoms with Gasteiger partial charge in [0, 0.05) is 40.5 Å². The molecule has 2 N–H and O–H groups in total. The minimum atomic E-state index is 0.425. The maximum absolute atomic E-state index is 5.76. The first kappa shape index (κ1) is 17.8. The van der Waals surface area contributed by atoms with Crippen molar-refractivity contribution in [2.24, 2.45) is 5.92 Å². The Kier molecular flexibility index (Phi) is 4.46.